The molecule has 3 aromatic rings. The van der Waals surface area contributed by atoms with Gasteiger partial charge in [-0.25, -0.2) is 13.2 Å². The van der Waals surface area contributed by atoms with Gasteiger partial charge in [-0.2, -0.15) is 13.2 Å². The van der Waals surface area contributed by atoms with E-state index in [9.17, 15) is 36.0 Å². The number of hydrogen-bond acceptors (Lipinski definition) is 8. The molecule has 0 aliphatic carbocycles. The second-order valence-electron chi connectivity index (χ2n) is 8.51. The molecule has 13 nitrogen and oxygen atoms in total. The Balaban J connectivity index is 1.90. The van der Waals surface area contributed by atoms with Gasteiger partial charge >= 0.3 is 17.7 Å². The molecule has 1 atom stereocenters. The van der Waals surface area contributed by atoms with Crippen molar-refractivity contribution in [2.75, 3.05) is 17.9 Å². The third-order valence-electron chi connectivity index (χ3n) is 5.47. The number of hydrogen-bond donors (Lipinski definition) is 4. The van der Waals surface area contributed by atoms with Crippen molar-refractivity contribution < 1.29 is 40.9 Å². The van der Waals surface area contributed by atoms with Crippen LogP contribution < -0.4 is 31.9 Å². The van der Waals surface area contributed by atoms with E-state index in [2.05, 4.69) is 15.3 Å². The molecule has 6 N–H and O–H groups in total. The molecule has 1 amide bonds. The van der Waals surface area contributed by atoms with Crippen LogP contribution in [0.1, 0.15) is 24.1 Å². The lowest BCUT2D eigenvalue weighted by Crippen LogP contribution is -2.42. The monoisotopic (exact) mass is 598 g/mol. The van der Waals surface area contributed by atoms with Crippen molar-refractivity contribution in [1.29, 1.82) is 0 Å². The number of oxime groups is 1. The minimum Gasteiger partial charge on any atom is -0.391 e. The van der Waals surface area contributed by atoms with Crippen molar-refractivity contribution in [3.63, 3.8) is 0 Å². The first kappa shape index (κ1) is 30.7. The van der Waals surface area contributed by atoms with Crippen LogP contribution >= 0.6 is 0 Å². The lowest BCUT2D eigenvalue weighted by molar-refractivity contribution is -0.200. The molecular formula is C24H25F3N6O7S. The topological polar surface area (TPSA) is 197 Å². The Morgan fingerprint density at radius 3 is 2.44 bits per heavy atom. The number of nitrogens with two attached hydrogens (primary N) is 2. The summed E-state index contributed by atoms with van der Waals surface area (Å²) in [5.74, 6) is -5.88. The van der Waals surface area contributed by atoms with Gasteiger partial charge in [0.05, 0.1) is 23.9 Å². The van der Waals surface area contributed by atoms with E-state index in [0.29, 0.717) is 10.9 Å². The predicted octanol–water partition coefficient (Wildman–Crippen LogP) is 0.886. The van der Waals surface area contributed by atoms with E-state index in [4.69, 9.17) is 16.3 Å². The number of rotatable bonds is 11. The van der Waals surface area contributed by atoms with Crippen LogP contribution in [-0.2, 0) is 30.2 Å². The summed E-state index contributed by atoms with van der Waals surface area (Å²) in [7, 11) is -4.30. The van der Waals surface area contributed by atoms with Crippen LogP contribution in [0.5, 0.6) is 0 Å². The molecule has 41 heavy (non-hydrogen) atoms. The third-order valence-corrected chi connectivity index (χ3v) is 6.69. The second kappa shape index (κ2) is 12.6. The standard InChI is InChI=1S/C24H25F3N6O7S/c1-14(20(34)30-11-12-39-31-23(28)29)19-10-9-18(21(35)33(19)40-22(36)24(25,26)27)32-41(37,38)13-16-7-4-6-15-5-2-3-8-17(15)16/h2-10,14,32H,11-13H2,1H3,(H,30,34)(H4,28,29,31). The van der Waals surface area contributed by atoms with Crippen molar-refractivity contribution in [2.45, 2.75) is 24.8 Å². The molecule has 0 fully saturated rings. The largest absolute Gasteiger partial charge is 0.493 e. The molecule has 0 aliphatic rings. The van der Waals surface area contributed by atoms with Crippen molar-refractivity contribution in [2.24, 2.45) is 16.6 Å². The second-order valence-corrected chi connectivity index (χ2v) is 10.2. The number of aromatic nitrogens is 1. The van der Waals surface area contributed by atoms with E-state index in [-0.39, 0.29) is 23.8 Å². The van der Waals surface area contributed by atoms with E-state index < -0.39 is 56.7 Å². The van der Waals surface area contributed by atoms with E-state index in [1.54, 1.807) is 42.5 Å². The molecule has 2 aromatic carbocycles. The van der Waals surface area contributed by atoms with Crippen molar-refractivity contribution in [1.82, 2.24) is 10.0 Å². The number of alkyl halides is 3. The van der Waals surface area contributed by atoms with Gasteiger partial charge in [0, 0.05) is 0 Å². The molecule has 0 bridgehead atoms. The van der Waals surface area contributed by atoms with Gasteiger partial charge in [0.1, 0.15) is 12.3 Å². The molecule has 17 heteroatoms. The molecule has 0 radical (unpaired) electrons. The minimum atomic E-state index is -5.51. The Labute approximate surface area is 230 Å². The van der Waals surface area contributed by atoms with Gasteiger partial charge < -0.3 is 26.5 Å². The number of anilines is 1. The van der Waals surface area contributed by atoms with Gasteiger partial charge in [0.25, 0.3) is 0 Å². The zero-order valence-electron chi connectivity index (χ0n) is 21.3. The summed E-state index contributed by atoms with van der Waals surface area (Å²) >= 11 is 0. The zero-order valence-corrected chi connectivity index (χ0v) is 22.2. The highest BCUT2D eigenvalue weighted by molar-refractivity contribution is 7.91. The van der Waals surface area contributed by atoms with E-state index in [1.807, 2.05) is 4.72 Å². The maximum atomic E-state index is 13.1. The maximum absolute atomic E-state index is 13.1. The van der Waals surface area contributed by atoms with Crippen LogP contribution in [0.4, 0.5) is 18.9 Å². The Morgan fingerprint density at radius 2 is 1.76 bits per heavy atom. The Morgan fingerprint density at radius 1 is 1.07 bits per heavy atom. The fraction of sp³-hybridized carbons (Fsp3) is 0.250. The normalized spacial score (nSPS) is 12.3. The van der Waals surface area contributed by atoms with Gasteiger partial charge in [-0.05, 0) is 40.5 Å². The number of halogens is 3. The van der Waals surface area contributed by atoms with E-state index in [1.165, 1.54) is 6.92 Å². The number of pyridine rings is 1. The predicted molar refractivity (Wildman–Crippen MR) is 142 cm³/mol. The number of nitrogens with zero attached hydrogens (tertiary/aromatic N) is 2. The first-order valence-corrected chi connectivity index (χ1v) is 13.4. The molecule has 3 rings (SSSR count). The summed E-state index contributed by atoms with van der Waals surface area (Å²) in [4.78, 5) is 46.2. The van der Waals surface area contributed by atoms with Gasteiger partial charge in [0.15, 0.2) is 0 Å². The van der Waals surface area contributed by atoms with Crippen molar-refractivity contribution in [3.05, 3.63) is 76.2 Å². The molecule has 1 aromatic heterocycles. The number of nitrogens with one attached hydrogen (secondary N) is 2. The van der Waals surface area contributed by atoms with Crippen LogP contribution in [0.2, 0.25) is 0 Å². The quantitative estimate of drug-likeness (QED) is 0.107. The SMILES string of the molecule is CC(C(=O)NCCON=C(N)N)c1ccc(NS(=O)(=O)Cc2cccc3ccccc23)c(=O)n1OC(=O)C(F)(F)F. The number of carbonyl (C=O) groups excluding carboxylic acids is 2. The summed E-state index contributed by atoms with van der Waals surface area (Å²) in [5.41, 5.74) is 7.91. The number of carbonyl (C=O) groups is 2. The van der Waals surface area contributed by atoms with Gasteiger partial charge in [0.2, 0.25) is 21.9 Å². The van der Waals surface area contributed by atoms with Crippen LogP contribution in [0.15, 0.2) is 64.5 Å². The van der Waals surface area contributed by atoms with Crippen molar-refractivity contribution >= 4 is 44.3 Å². The summed E-state index contributed by atoms with van der Waals surface area (Å²) in [6.07, 6.45) is -5.51. The molecule has 0 spiro atoms. The lowest BCUT2D eigenvalue weighted by Gasteiger charge is -2.19. The molecular weight excluding hydrogens is 573 g/mol. The van der Waals surface area contributed by atoms with Gasteiger partial charge in [-0.15, -0.1) is 4.73 Å². The average molecular weight is 599 g/mol. The Kier molecular flexibility index (Phi) is 9.43. The van der Waals surface area contributed by atoms with Gasteiger partial charge in [-0.3, -0.25) is 14.3 Å². The first-order valence-electron chi connectivity index (χ1n) is 11.7. The van der Waals surface area contributed by atoms with Crippen molar-refractivity contribution in [3.8, 4) is 0 Å². The fourth-order valence-electron chi connectivity index (χ4n) is 3.62. The maximum Gasteiger partial charge on any atom is 0.493 e. The minimum absolute atomic E-state index is 0.0776. The highest BCUT2D eigenvalue weighted by atomic mass is 32.2. The van der Waals surface area contributed by atoms with Crippen LogP contribution in [0.25, 0.3) is 10.8 Å². The fourth-order valence-corrected chi connectivity index (χ4v) is 4.84. The Bertz CT molecular complexity index is 1630. The van der Waals surface area contributed by atoms with Crippen LogP contribution in [0, 0.1) is 0 Å². The lowest BCUT2D eigenvalue weighted by atomic mass is 10.1. The smallest absolute Gasteiger partial charge is 0.391 e. The summed E-state index contributed by atoms with van der Waals surface area (Å²) in [6.45, 7) is 0.894. The summed E-state index contributed by atoms with van der Waals surface area (Å²) in [5, 5.41) is 7.02. The Hall–Kier alpha value is -4.80. The van der Waals surface area contributed by atoms with E-state index in [0.717, 1.165) is 17.5 Å². The first-order chi connectivity index (χ1) is 19.2. The molecule has 1 heterocycles. The molecule has 0 saturated carbocycles. The molecule has 1 unspecified atom stereocenters. The van der Waals surface area contributed by atoms with Crippen LogP contribution in [-0.4, -0.2) is 50.3 Å². The zero-order chi connectivity index (χ0) is 30.4. The average Bonchev–Trinajstić information content (AvgIpc) is 2.89. The molecule has 220 valence electrons. The summed E-state index contributed by atoms with van der Waals surface area (Å²) in [6, 6.07) is 13.9. The third kappa shape index (κ3) is 8.10. The van der Waals surface area contributed by atoms with E-state index >= 15 is 0 Å². The highest BCUT2D eigenvalue weighted by Gasteiger charge is 2.43. The number of guanidine groups is 1. The number of benzene rings is 2. The highest BCUT2D eigenvalue weighted by Crippen LogP contribution is 2.22. The van der Waals surface area contributed by atoms with Crippen LogP contribution in [0.3, 0.4) is 0 Å². The summed E-state index contributed by atoms with van der Waals surface area (Å²) < 4.78 is 66.8. The number of sulfonamides is 1. The number of amides is 1. The number of fused-ring (bicyclic) bond motifs is 1. The molecule has 0 saturated heterocycles. The van der Waals surface area contributed by atoms with Gasteiger partial charge in [-0.1, -0.05) is 42.5 Å². The molecule has 0 aliphatic heterocycles.